The molecule has 3 aromatic rings. The number of rotatable bonds is 4. The van der Waals surface area contributed by atoms with Crippen molar-refractivity contribution in [3.63, 3.8) is 0 Å². The largest absolute Gasteiger partial charge is 0.417 e. The minimum absolute atomic E-state index is 0.0560. The second kappa shape index (κ2) is 8.30. The van der Waals surface area contributed by atoms with Gasteiger partial charge in [0.1, 0.15) is 35.7 Å². The van der Waals surface area contributed by atoms with Crippen molar-refractivity contribution < 1.29 is 26.7 Å². The van der Waals surface area contributed by atoms with Gasteiger partial charge in [-0.2, -0.15) is 13.2 Å². The molecule has 1 aromatic heterocycles. The average molecular weight is 475 g/mol. The molecule has 1 unspecified atom stereocenters. The van der Waals surface area contributed by atoms with Crippen LogP contribution in [-0.2, 0) is 17.6 Å². The van der Waals surface area contributed by atoms with Crippen LogP contribution in [-0.4, -0.2) is 26.4 Å². The Hall–Kier alpha value is -3.63. The second-order valence-electron chi connectivity index (χ2n) is 8.18. The van der Waals surface area contributed by atoms with Crippen LogP contribution in [0, 0.1) is 11.6 Å². The molecule has 176 valence electrons. The van der Waals surface area contributed by atoms with Crippen LogP contribution in [0.15, 0.2) is 41.4 Å². The number of nitrogens with zero attached hydrogens (tertiary/aromatic N) is 4. The minimum atomic E-state index is -4.61. The highest BCUT2D eigenvalue weighted by molar-refractivity contribution is 6.21. The van der Waals surface area contributed by atoms with Crippen LogP contribution in [0.4, 0.5) is 27.6 Å². The summed E-state index contributed by atoms with van der Waals surface area (Å²) in [6, 6.07) is 6.83. The van der Waals surface area contributed by atoms with E-state index in [1.165, 1.54) is 22.9 Å². The summed E-state index contributed by atoms with van der Waals surface area (Å²) in [5.41, 5.74) is -0.737. The molecule has 1 fully saturated rings. The Balaban J connectivity index is 1.54. The summed E-state index contributed by atoms with van der Waals surface area (Å²) in [5, 5.41) is 6.95. The minimum Gasteiger partial charge on any atom is -0.337 e. The maximum absolute atomic E-state index is 13.8. The van der Waals surface area contributed by atoms with E-state index in [9.17, 15) is 26.7 Å². The van der Waals surface area contributed by atoms with Crippen LogP contribution in [0.5, 0.6) is 0 Å². The van der Waals surface area contributed by atoms with E-state index in [2.05, 4.69) is 20.4 Å². The van der Waals surface area contributed by atoms with Gasteiger partial charge in [-0.3, -0.25) is 4.79 Å². The summed E-state index contributed by atoms with van der Waals surface area (Å²) in [4.78, 5) is 21.2. The van der Waals surface area contributed by atoms with Gasteiger partial charge >= 0.3 is 6.18 Å². The summed E-state index contributed by atoms with van der Waals surface area (Å²) >= 11 is 0. The second-order valence-corrected chi connectivity index (χ2v) is 8.18. The quantitative estimate of drug-likeness (QED) is 0.520. The van der Waals surface area contributed by atoms with Crippen molar-refractivity contribution in [3.8, 4) is 11.4 Å². The molecule has 5 rings (SSSR count). The Morgan fingerprint density at radius 1 is 1.12 bits per heavy atom. The number of alkyl halides is 3. The van der Waals surface area contributed by atoms with Gasteiger partial charge in [-0.25, -0.2) is 23.4 Å². The molecule has 0 bridgehead atoms. The number of fused-ring (bicyclic) bond motifs is 1. The highest BCUT2D eigenvalue weighted by Crippen LogP contribution is 2.37. The SMILES string of the molecule is O=C1CCCCC1c1nc(-c2ccccc2C(F)(F)F)nn1CN=C1Nc2c(F)cc(F)cc21. The van der Waals surface area contributed by atoms with Crippen LogP contribution < -0.4 is 5.32 Å². The van der Waals surface area contributed by atoms with E-state index in [4.69, 9.17) is 0 Å². The third-order valence-electron chi connectivity index (χ3n) is 5.96. The summed E-state index contributed by atoms with van der Waals surface area (Å²) in [7, 11) is 0. The maximum Gasteiger partial charge on any atom is 0.417 e. The summed E-state index contributed by atoms with van der Waals surface area (Å²) < 4.78 is 69.3. The third kappa shape index (κ3) is 3.95. The summed E-state index contributed by atoms with van der Waals surface area (Å²) in [6.45, 7) is -0.194. The molecule has 0 spiro atoms. The molecule has 0 saturated heterocycles. The van der Waals surface area contributed by atoms with E-state index in [-0.39, 0.29) is 46.8 Å². The fourth-order valence-electron chi connectivity index (χ4n) is 4.28. The maximum atomic E-state index is 13.8. The Bertz CT molecular complexity index is 1310. The highest BCUT2D eigenvalue weighted by atomic mass is 19.4. The van der Waals surface area contributed by atoms with Gasteiger partial charge in [-0.05, 0) is 25.0 Å². The number of aromatic nitrogens is 3. The van der Waals surface area contributed by atoms with Crippen molar-refractivity contribution >= 4 is 17.3 Å². The van der Waals surface area contributed by atoms with Crippen LogP contribution in [0.25, 0.3) is 11.4 Å². The van der Waals surface area contributed by atoms with Crippen molar-refractivity contribution in [2.24, 2.45) is 4.99 Å². The van der Waals surface area contributed by atoms with E-state index in [1.54, 1.807) is 0 Å². The van der Waals surface area contributed by atoms with Gasteiger partial charge in [-0.1, -0.05) is 24.6 Å². The van der Waals surface area contributed by atoms with Gasteiger partial charge in [-0.15, -0.1) is 5.10 Å². The smallest absolute Gasteiger partial charge is 0.337 e. The zero-order valence-electron chi connectivity index (χ0n) is 17.7. The van der Waals surface area contributed by atoms with Gasteiger partial charge in [0.2, 0.25) is 0 Å². The van der Waals surface area contributed by atoms with Crippen molar-refractivity contribution in [2.45, 2.75) is 44.4 Å². The van der Waals surface area contributed by atoms with E-state index < -0.39 is 29.3 Å². The number of hydrogen-bond donors (Lipinski definition) is 1. The number of amidine groups is 1. The Morgan fingerprint density at radius 2 is 1.91 bits per heavy atom. The number of halogens is 5. The standard InChI is InChI=1S/C23H18F5N5O/c24-12-9-15-19(17(25)10-12)30-20(15)29-11-33-22(14-6-2-4-8-18(14)34)31-21(32-33)13-5-1-3-7-16(13)23(26,27)28/h1,3,5,7,9-10,14H,2,4,6,8,11H2,(H,29,30). The molecular formula is C23H18F5N5O. The molecule has 1 aliphatic heterocycles. The highest BCUT2D eigenvalue weighted by Gasteiger charge is 2.36. The fourth-order valence-corrected chi connectivity index (χ4v) is 4.28. The van der Waals surface area contributed by atoms with Crippen LogP contribution in [0.2, 0.25) is 0 Å². The molecule has 11 heteroatoms. The first-order chi connectivity index (χ1) is 16.2. The lowest BCUT2D eigenvalue weighted by Crippen LogP contribution is -2.28. The van der Waals surface area contributed by atoms with Crippen molar-refractivity contribution in [2.75, 3.05) is 5.32 Å². The molecular weight excluding hydrogens is 457 g/mol. The fraction of sp³-hybridized carbons (Fsp3) is 0.304. The van der Waals surface area contributed by atoms with Crippen molar-refractivity contribution in [1.82, 2.24) is 14.8 Å². The van der Waals surface area contributed by atoms with Crippen LogP contribution >= 0.6 is 0 Å². The Morgan fingerprint density at radius 3 is 2.68 bits per heavy atom. The number of Topliss-reactive ketones (excluding diaryl/α,β-unsaturated/α-hetero) is 1. The van der Waals surface area contributed by atoms with Gasteiger partial charge in [0.05, 0.1) is 17.2 Å². The monoisotopic (exact) mass is 475 g/mol. The van der Waals surface area contributed by atoms with E-state index in [0.29, 0.717) is 12.8 Å². The number of nitrogens with one attached hydrogen (secondary N) is 1. The van der Waals surface area contributed by atoms with E-state index in [1.807, 2.05) is 0 Å². The Labute approximate surface area is 190 Å². The van der Waals surface area contributed by atoms with Gasteiger partial charge < -0.3 is 5.32 Å². The number of benzene rings is 2. The molecule has 1 aliphatic carbocycles. The molecule has 6 nitrogen and oxygen atoms in total. The van der Waals surface area contributed by atoms with Gasteiger partial charge in [0, 0.05) is 23.6 Å². The van der Waals surface area contributed by atoms with E-state index in [0.717, 1.165) is 31.0 Å². The molecule has 2 aromatic carbocycles. The van der Waals surface area contributed by atoms with E-state index >= 15 is 0 Å². The lowest BCUT2D eigenvalue weighted by molar-refractivity contribution is -0.137. The first-order valence-corrected chi connectivity index (χ1v) is 10.7. The summed E-state index contributed by atoms with van der Waals surface area (Å²) in [6.07, 6.45) is -2.23. The molecule has 2 aliphatic rings. The first-order valence-electron chi connectivity index (χ1n) is 10.7. The number of anilines is 1. The third-order valence-corrected chi connectivity index (χ3v) is 5.96. The first kappa shape index (κ1) is 22.2. The molecule has 34 heavy (non-hydrogen) atoms. The lowest BCUT2D eigenvalue weighted by atomic mass is 9.87. The predicted molar refractivity (Wildman–Crippen MR) is 113 cm³/mol. The Kier molecular flexibility index (Phi) is 5.41. The molecule has 0 amide bonds. The number of hydrogen-bond acceptors (Lipinski definition) is 4. The van der Waals surface area contributed by atoms with Crippen molar-refractivity contribution in [3.05, 3.63) is 65.0 Å². The molecule has 1 N–H and O–H groups in total. The molecule has 1 atom stereocenters. The topological polar surface area (TPSA) is 72.2 Å². The number of carbonyl (C=O) groups is 1. The normalized spacial score (nSPS) is 19.0. The number of aliphatic imine (C=N–C) groups is 1. The molecule has 1 saturated carbocycles. The predicted octanol–water partition coefficient (Wildman–Crippen LogP) is 5.30. The molecule has 2 heterocycles. The zero-order valence-corrected chi connectivity index (χ0v) is 17.7. The van der Waals surface area contributed by atoms with Gasteiger partial charge in [0.25, 0.3) is 0 Å². The van der Waals surface area contributed by atoms with Crippen LogP contribution in [0.1, 0.15) is 48.6 Å². The van der Waals surface area contributed by atoms with Gasteiger partial charge in [0.15, 0.2) is 5.82 Å². The number of carbonyl (C=O) groups excluding carboxylic acids is 1. The average Bonchev–Trinajstić information content (AvgIpc) is 3.19. The lowest BCUT2D eigenvalue weighted by Gasteiger charge is -2.24. The molecule has 0 radical (unpaired) electrons. The van der Waals surface area contributed by atoms with Crippen LogP contribution in [0.3, 0.4) is 0 Å². The summed E-state index contributed by atoms with van der Waals surface area (Å²) in [5.74, 6) is -1.90. The zero-order chi connectivity index (χ0) is 24.0. The number of ketones is 1. The van der Waals surface area contributed by atoms with Crippen molar-refractivity contribution in [1.29, 1.82) is 0 Å².